The third-order valence-corrected chi connectivity index (χ3v) is 5.24. The van der Waals surface area contributed by atoms with Crippen molar-refractivity contribution in [1.29, 1.82) is 0 Å². The number of fused-ring (bicyclic) bond motifs is 1. The highest BCUT2D eigenvalue weighted by atomic mass is 32.1. The summed E-state index contributed by atoms with van der Waals surface area (Å²) in [5.41, 5.74) is 2.15. The first kappa shape index (κ1) is 18.3. The summed E-state index contributed by atoms with van der Waals surface area (Å²) in [7, 11) is 0. The van der Waals surface area contributed by atoms with E-state index in [2.05, 4.69) is 20.3 Å². The molecule has 0 radical (unpaired) electrons. The van der Waals surface area contributed by atoms with Gasteiger partial charge in [-0.2, -0.15) is 0 Å². The second-order valence-corrected chi connectivity index (χ2v) is 7.06. The summed E-state index contributed by atoms with van der Waals surface area (Å²) >= 11 is 1.58. The number of hydrogen-bond acceptors (Lipinski definition) is 6. The Morgan fingerprint density at radius 1 is 1.14 bits per heavy atom. The lowest BCUT2D eigenvalue weighted by Gasteiger charge is -2.08. The molecule has 0 spiro atoms. The van der Waals surface area contributed by atoms with Gasteiger partial charge in [0.25, 0.3) is 0 Å². The van der Waals surface area contributed by atoms with Gasteiger partial charge in [0.2, 0.25) is 0 Å². The van der Waals surface area contributed by atoms with Gasteiger partial charge in [0.1, 0.15) is 23.7 Å². The minimum absolute atomic E-state index is 0.210. The Balaban J connectivity index is 1.43. The maximum absolute atomic E-state index is 14.6. The molecule has 5 nitrogen and oxygen atoms in total. The van der Waals surface area contributed by atoms with Gasteiger partial charge in [-0.25, -0.2) is 14.4 Å². The molecule has 3 heterocycles. The number of aromatic nitrogens is 3. The molecule has 0 aliphatic heterocycles. The summed E-state index contributed by atoms with van der Waals surface area (Å²) in [5, 5.41) is 5.76. The molecule has 4 aromatic rings. The molecule has 0 bridgehead atoms. The SMILES string of the molecule is CCOc1csc(-c2cc(NCCc3ccc4ncccc4c3F)ncn2)c1. The maximum atomic E-state index is 14.6. The number of ether oxygens (including phenoxy) is 1. The van der Waals surface area contributed by atoms with Gasteiger partial charge in [-0.15, -0.1) is 11.3 Å². The number of nitrogens with zero attached hydrogens (tertiary/aromatic N) is 3. The predicted molar refractivity (Wildman–Crippen MR) is 110 cm³/mol. The first-order valence-corrected chi connectivity index (χ1v) is 9.92. The molecular formula is C21H19FN4OS. The van der Waals surface area contributed by atoms with Gasteiger partial charge >= 0.3 is 0 Å². The average molecular weight is 394 g/mol. The van der Waals surface area contributed by atoms with Gasteiger partial charge in [-0.05, 0) is 37.1 Å². The summed E-state index contributed by atoms with van der Waals surface area (Å²) in [6, 6.07) is 11.0. The molecule has 3 aromatic heterocycles. The zero-order chi connectivity index (χ0) is 19.3. The number of halogens is 1. The van der Waals surface area contributed by atoms with Gasteiger partial charge in [0.15, 0.2) is 0 Å². The van der Waals surface area contributed by atoms with Crippen LogP contribution in [0.3, 0.4) is 0 Å². The topological polar surface area (TPSA) is 59.9 Å². The van der Waals surface area contributed by atoms with Gasteiger partial charge in [0.05, 0.1) is 22.7 Å². The summed E-state index contributed by atoms with van der Waals surface area (Å²) in [4.78, 5) is 13.8. The molecule has 1 N–H and O–H groups in total. The lowest BCUT2D eigenvalue weighted by molar-refractivity contribution is 0.342. The van der Waals surface area contributed by atoms with Crippen LogP contribution >= 0.6 is 11.3 Å². The molecule has 0 saturated carbocycles. The molecule has 7 heteroatoms. The molecule has 4 rings (SSSR count). The van der Waals surface area contributed by atoms with Crippen LogP contribution in [-0.2, 0) is 6.42 Å². The molecular weight excluding hydrogens is 375 g/mol. The van der Waals surface area contributed by atoms with Crippen LogP contribution < -0.4 is 10.1 Å². The third kappa shape index (κ3) is 3.94. The molecule has 142 valence electrons. The van der Waals surface area contributed by atoms with Gasteiger partial charge in [-0.3, -0.25) is 4.98 Å². The fraction of sp³-hybridized carbons (Fsp3) is 0.190. The Bertz CT molecular complexity index is 1100. The van der Waals surface area contributed by atoms with E-state index in [-0.39, 0.29) is 5.82 Å². The van der Waals surface area contributed by atoms with E-state index in [0.29, 0.717) is 41.9 Å². The van der Waals surface area contributed by atoms with Gasteiger partial charge in [0, 0.05) is 35.6 Å². The molecule has 1 aromatic carbocycles. The lowest BCUT2D eigenvalue weighted by atomic mass is 10.1. The minimum Gasteiger partial charge on any atom is -0.493 e. The number of nitrogens with one attached hydrogen (secondary N) is 1. The minimum atomic E-state index is -0.210. The van der Waals surface area contributed by atoms with Crippen molar-refractivity contribution in [1.82, 2.24) is 15.0 Å². The molecule has 0 aliphatic carbocycles. The van der Waals surface area contributed by atoms with E-state index < -0.39 is 0 Å². The lowest BCUT2D eigenvalue weighted by Crippen LogP contribution is -2.08. The molecule has 0 atom stereocenters. The van der Waals surface area contributed by atoms with Crippen LogP contribution in [-0.4, -0.2) is 28.1 Å². The first-order chi connectivity index (χ1) is 13.7. The number of pyridine rings is 1. The smallest absolute Gasteiger partial charge is 0.135 e. The highest BCUT2D eigenvalue weighted by Gasteiger charge is 2.09. The fourth-order valence-corrected chi connectivity index (χ4v) is 3.76. The number of rotatable bonds is 7. The fourth-order valence-electron chi connectivity index (χ4n) is 2.96. The van der Waals surface area contributed by atoms with Crippen molar-refractivity contribution in [3.05, 3.63) is 65.7 Å². The van der Waals surface area contributed by atoms with Crippen LogP contribution in [0.2, 0.25) is 0 Å². The summed E-state index contributed by atoms with van der Waals surface area (Å²) in [5.74, 6) is 1.34. The predicted octanol–water partition coefficient (Wildman–Crippen LogP) is 4.95. The zero-order valence-electron chi connectivity index (χ0n) is 15.4. The number of anilines is 1. The van der Waals surface area contributed by atoms with E-state index >= 15 is 0 Å². The van der Waals surface area contributed by atoms with E-state index in [1.165, 1.54) is 6.33 Å². The van der Waals surface area contributed by atoms with Crippen molar-refractivity contribution in [2.75, 3.05) is 18.5 Å². The van der Waals surface area contributed by atoms with Crippen LogP contribution in [0, 0.1) is 5.82 Å². The van der Waals surface area contributed by atoms with E-state index in [1.807, 2.05) is 30.5 Å². The summed E-state index contributed by atoms with van der Waals surface area (Å²) in [6.07, 6.45) is 3.74. The number of thiophene rings is 1. The van der Waals surface area contributed by atoms with Crippen LogP contribution in [0.25, 0.3) is 21.5 Å². The Morgan fingerprint density at radius 3 is 2.96 bits per heavy atom. The van der Waals surface area contributed by atoms with Crippen LogP contribution in [0.1, 0.15) is 12.5 Å². The second-order valence-electron chi connectivity index (χ2n) is 6.15. The highest BCUT2D eigenvalue weighted by molar-refractivity contribution is 7.13. The van der Waals surface area contributed by atoms with Crippen molar-refractivity contribution in [2.24, 2.45) is 0 Å². The Hall–Kier alpha value is -3.06. The zero-order valence-corrected chi connectivity index (χ0v) is 16.2. The molecule has 0 saturated heterocycles. The van der Waals surface area contributed by atoms with Crippen molar-refractivity contribution in [2.45, 2.75) is 13.3 Å². The largest absolute Gasteiger partial charge is 0.493 e. The van der Waals surface area contributed by atoms with Crippen molar-refractivity contribution in [3.63, 3.8) is 0 Å². The number of hydrogen-bond donors (Lipinski definition) is 1. The van der Waals surface area contributed by atoms with Gasteiger partial charge < -0.3 is 10.1 Å². The second kappa shape index (κ2) is 8.31. The van der Waals surface area contributed by atoms with E-state index in [1.54, 1.807) is 35.7 Å². The quantitative estimate of drug-likeness (QED) is 0.481. The standard InChI is InChI=1S/C21H19FN4OS/c1-2-27-15-10-19(28-12-15)18-11-20(26-13-25-18)24-9-7-14-5-6-17-16(21(14)22)4-3-8-23-17/h3-6,8,10-13H,2,7,9H2,1H3,(H,24,25,26). The molecule has 0 fully saturated rings. The third-order valence-electron chi connectivity index (χ3n) is 4.31. The van der Waals surface area contributed by atoms with Gasteiger partial charge in [-0.1, -0.05) is 6.07 Å². The van der Waals surface area contributed by atoms with Crippen LogP contribution in [0.15, 0.2) is 54.3 Å². The highest BCUT2D eigenvalue weighted by Crippen LogP contribution is 2.30. The van der Waals surface area contributed by atoms with Crippen molar-refractivity contribution in [3.8, 4) is 16.3 Å². The maximum Gasteiger partial charge on any atom is 0.135 e. The summed E-state index contributed by atoms with van der Waals surface area (Å²) in [6.45, 7) is 3.15. The van der Waals surface area contributed by atoms with Crippen LogP contribution in [0.5, 0.6) is 5.75 Å². The molecule has 28 heavy (non-hydrogen) atoms. The van der Waals surface area contributed by atoms with Crippen LogP contribution in [0.4, 0.5) is 10.2 Å². The molecule has 0 unspecified atom stereocenters. The number of benzene rings is 1. The molecule has 0 amide bonds. The molecule has 0 aliphatic rings. The summed E-state index contributed by atoms with van der Waals surface area (Å²) < 4.78 is 20.1. The average Bonchev–Trinajstić information content (AvgIpc) is 3.19. The van der Waals surface area contributed by atoms with Crippen molar-refractivity contribution >= 4 is 28.1 Å². The Labute approximate surface area is 166 Å². The van der Waals surface area contributed by atoms with E-state index in [9.17, 15) is 4.39 Å². The monoisotopic (exact) mass is 394 g/mol. The van der Waals surface area contributed by atoms with E-state index in [4.69, 9.17) is 4.74 Å². The Kier molecular flexibility index (Phi) is 5.43. The Morgan fingerprint density at radius 2 is 2.07 bits per heavy atom. The van der Waals surface area contributed by atoms with Crippen molar-refractivity contribution < 1.29 is 9.13 Å². The first-order valence-electron chi connectivity index (χ1n) is 9.04. The normalized spacial score (nSPS) is 10.9. The van der Waals surface area contributed by atoms with E-state index in [0.717, 1.165) is 16.3 Å².